The Labute approximate surface area is 122 Å². The molecule has 0 saturated carbocycles. The summed E-state index contributed by atoms with van der Waals surface area (Å²) in [6, 6.07) is 0. The van der Waals surface area contributed by atoms with Crippen molar-refractivity contribution < 1.29 is 19.4 Å². The van der Waals surface area contributed by atoms with Gasteiger partial charge in [0.15, 0.2) is 0 Å². The fraction of sp³-hybridized carbons (Fsp3) is 0.615. The largest absolute Gasteiger partial charge is 0.480 e. The zero-order valence-corrected chi connectivity index (χ0v) is 13.0. The molecule has 0 radical (unpaired) electrons. The van der Waals surface area contributed by atoms with Gasteiger partial charge in [-0.2, -0.15) is 0 Å². The highest BCUT2D eigenvalue weighted by atomic mass is 32.1. The fourth-order valence-electron chi connectivity index (χ4n) is 1.50. The summed E-state index contributed by atoms with van der Waals surface area (Å²) in [6.07, 6.45) is 0. The third kappa shape index (κ3) is 4.57. The summed E-state index contributed by atoms with van der Waals surface area (Å²) in [7, 11) is 1.50. The van der Waals surface area contributed by atoms with Crippen LogP contribution in [0.5, 0.6) is 0 Å². The molecule has 0 atom stereocenters. The maximum absolute atomic E-state index is 12.3. The first-order valence-corrected chi connectivity index (χ1v) is 7.09. The lowest BCUT2D eigenvalue weighted by Crippen LogP contribution is -2.38. The number of carboxylic acid groups (broad SMARTS) is 1. The monoisotopic (exact) mass is 300 g/mol. The van der Waals surface area contributed by atoms with Gasteiger partial charge in [0.2, 0.25) is 0 Å². The van der Waals surface area contributed by atoms with E-state index >= 15 is 0 Å². The van der Waals surface area contributed by atoms with Gasteiger partial charge in [-0.1, -0.05) is 20.8 Å². The molecule has 1 amide bonds. The highest BCUT2D eigenvalue weighted by Gasteiger charge is 2.24. The van der Waals surface area contributed by atoms with E-state index in [4.69, 9.17) is 9.84 Å². The molecule has 1 aromatic rings. The first kappa shape index (κ1) is 16.6. The number of nitrogens with zero attached hydrogens (tertiary/aromatic N) is 2. The van der Waals surface area contributed by atoms with Crippen molar-refractivity contribution in [3.8, 4) is 0 Å². The number of carboxylic acids is 1. The number of aliphatic carboxylic acids is 1. The van der Waals surface area contributed by atoms with Crippen molar-refractivity contribution >= 4 is 23.2 Å². The fourth-order valence-corrected chi connectivity index (χ4v) is 2.38. The highest BCUT2D eigenvalue weighted by Crippen LogP contribution is 2.25. The number of ether oxygens (including phenoxy) is 1. The number of carbonyl (C=O) groups excluding carboxylic acids is 1. The third-order valence-electron chi connectivity index (χ3n) is 2.54. The number of rotatable bonds is 6. The van der Waals surface area contributed by atoms with Crippen molar-refractivity contribution in [1.82, 2.24) is 9.88 Å². The number of methoxy groups -OCH3 is 1. The molecular formula is C13H20N2O4S. The van der Waals surface area contributed by atoms with Crippen molar-refractivity contribution in [2.45, 2.75) is 26.2 Å². The van der Waals surface area contributed by atoms with Crippen molar-refractivity contribution in [2.24, 2.45) is 0 Å². The van der Waals surface area contributed by atoms with Crippen LogP contribution in [0.2, 0.25) is 0 Å². The number of aromatic nitrogens is 1. The van der Waals surface area contributed by atoms with Crippen LogP contribution in [0.3, 0.4) is 0 Å². The van der Waals surface area contributed by atoms with E-state index in [9.17, 15) is 9.59 Å². The van der Waals surface area contributed by atoms with Crippen molar-refractivity contribution in [3.63, 3.8) is 0 Å². The Kier molecular flexibility index (Phi) is 5.64. The van der Waals surface area contributed by atoms with Crippen LogP contribution in [-0.2, 0) is 14.9 Å². The topological polar surface area (TPSA) is 79.7 Å². The lowest BCUT2D eigenvalue weighted by atomic mass is 9.98. The van der Waals surface area contributed by atoms with Gasteiger partial charge in [-0.05, 0) is 0 Å². The Morgan fingerprint density at radius 3 is 2.55 bits per heavy atom. The summed E-state index contributed by atoms with van der Waals surface area (Å²) in [5.74, 6) is -1.43. The molecule has 1 rings (SSSR count). The summed E-state index contributed by atoms with van der Waals surface area (Å²) in [4.78, 5) is 28.6. The van der Waals surface area contributed by atoms with Gasteiger partial charge in [-0.25, -0.2) is 4.98 Å². The van der Waals surface area contributed by atoms with Gasteiger partial charge < -0.3 is 14.7 Å². The molecule has 0 aliphatic heterocycles. The minimum absolute atomic E-state index is 0.132. The maximum Gasteiger partial charge on any atom is 0.323 e. The predicted octanol–water partition coefficient (Wildman–Crippen LogP) is 1.61. The molecule has 20 heavy (non-hydrogen) atoms. The Hall–Kier alpha value is -1.47. The summed E-state index contributed by atoms with van der Waals surface area (Å²) in [5, 5.41) is 11.4. The molecule has 0 aliphatic rings. The van der Waals surface area contributed by atoms with Crippen LogP contribution in [-0.4, -0.2) is 53.7 Å². The molecule has 7 heteroatoms. The first-order valence-electron chi connectivity index (χ1n) is 6.21. The highest BCUT2D eigenvalue weighted by molar-refractivity contribution is 7.10. The Balaban J connectivity index is 2.88. The Morgan fingerprint density at radius 2 is 2.10 bits per heavy atom. The van der Waals surface area contributed by atoms with Crippen LogP contribution in [0.15, 0.2) is 5.38 Å². The van der Waals surface area contributed by atoms with E-state index < -0.39 is 5.97 Å². The Bertz CT molecular complexity index is 479. The van der Waals surface area contributed by atoms with Crippen LogP contribution in [0.1, 0.15) is 36.3 Å². The number of thiazole rings is 1. The van der Waals surface area contributed by atoms with Crippen LogP contribution in [0.25, 0.3) is 0 Å². The normalized spacial score (nSPS) is 11.4. The second-order valence-corrected chi connectivity index (χ2v) is 6.26. The van der Waals surface area contributed by atoms with Crippen molar-refractivity contribution in [3.05, 3.63) is 16.1 Å². The molecular weight excluding hydrogens is 280 g/mol. The third-order valence-corrected chi connectivity index (χ3v) is 3.81. The minimum Gasteiger partial charge on any atom is -0.480 e. The van der Waals surface area contributed by atoms with Gasteiger partial charge in [0, 0.05) is 24.4 Å². The number of carbonyl (C=O) groups is 2. The van der Waals surface area contributed by atoms with Gasteiger partial charge in [-0.3, -0.25) is 9.59 Å². The van der Waals surface area contributed by atoms with E-state index in [1.54, 1.807) is 5.38 Å². The molecule has 112 valence electrons. The van der Waals surface area contributed by atoms with E-state index in [0.29, 0.717) is 0 Å². The molecule has 0 aliphatic carbocycles. The number of amides is 1. The second kappa shape index (κ2) is 6.81. The van der Waals surface area contributed by atoms with Crippen LogP contribution in [0, 0.1) is 0 Å². The quantitative estimate of drug-likeness (QED) is 0.863. The van der Waals surface area contributed by atoms with Gasteiger partial charge in [0.1, 0.15) is 12.2 Å². The van der Waals surface area contributed by atoms with E-state index in [1.807, 2.05) is 20.8 Å². The minimum atomic E-state index is -1.05. The zero-order chi connectivity index (χ0) is 15.3. The summed E-state index contributed by atoms with van der Waals surface area (Å²) < 4.78 is 4.89. The molecule has 1 heterocycles. The lowest BCUT2D eigenvalue weighted by molar-refractivity contribution is -0.137. The average Bonchev–Trinajstić information content (AvgIpc) is 2.82. The standard InChI is InChI=1S/C13H20N2O4S/c1-13(2,3)12-14-9(8-20-12)11(18)15(5-6-19-4)7-10(16)17/h8H,5-7H2,1-4H3,(H,16,17). The van der Waals surface area contributed by atoms with Gasteiger partial charge in [0.25, 0.3) is 5.91 Å². The Morgan fingerprint density at radius 1 is 1.45 bits per heavy atom. The number of hydrogen-bond donors (Lipinski definition) is 1. The van der Waals surface area contributed by atoms with Gasteiger partial charge in [0.05, 0.1) is 11.6 Å². The molecule has 0 saturated heterocycles. The maximum atomic E-state index is 12.3. The van der Waals surface area contributed by atoms with Crippen LogP contribution < -0.4 is 0 Å². The summed E-state index contributed by atoms with van der Waals surface area (Å²) in [5.41, 5.74) is 0.158. The average molecular weight is 300 g/mol. The summed E-state index contributed by atoms with van der Waals surface area (Å²) in [6.45, 7) is 6.20. The van der Waals surface area contributed by atoms with Crippen molar-refractivity contribution in [1.29, 1.82) is 0 Å². The van der Waals surface area contributed by atoms with Gasteiger partial charge >= 0.3 is 5.97 Å². The van der Waals surface area contributed by atoms with Crippen LogP contribution in [0.4, 0.5) is 0 Å². The molecule has 1 N–H and O–H groups in total. The molecule has 0 bridgehead atoms. The first-order chi connectivity index (χ1) is 9.25. The molecule has 0 spiro atoms. The van der Waals surface area contributed by atoms with E-state index in [1.165, 1.54) is 23.3 Å². The summed E-state index contributed by atoms with van der Waals surface area (Å²) >= 11 is 1.41. The van der Waals surface area contributed by atoms with Crippen molar-refractivity contribution in [2.75, 3.05) is 26.8 Å². The predicted molar refractivity (Wildman–Crippen MR) is 76.2 cm³/mol. The second-order valence-electron chi connectivity index (χ2n) is 5.40. The molecule has 6 nitrogen and oxygen atoms in total. The smallest absolute Gasteiger partial charge is 0.323 e. The van der Waals surface area contributed by atoms with Crippen LogP contribution >= 0.6 is 11.3 Å². The molecule has 1 aromatic heterocycles. The molecule has 0 unspecified atom stereocenters. The SMILES string of the molecule is COCCN(CC(=O)O)C(=O)c1csc(C(C)(C)C)n1. The van der Waals surface area contributed by atoms with E-state index in [2.05, 4.69) is 4.98 Å². The van der Waals surface area contributed by atoms with Gasteiger partial charge in [-0.15, -0.1) is 11.3 Å². The van der Waals surface area contributed by atoms with E-state index in [0.717, 1.165) is 5.01 Å². The molecule has 0 aromatic carbocycles. The number of hydrogen-bond acceptors (Lipinski definition) is 5. The zero-order valence-electron chi connectivity index (χ0n) is 12.2. The van der Waals surface area contributed by atoms with E-state index in [-0.39, 0.29) is 36.7 Å². The molecule has 0 fully saturated rings. The lowest BCUT2D eigenvalue weighted by Gasteiger charge is -2.19.